The smallest absolute Gasteiger partial charge is 0.289 e. The lowest BCUT2D eigenvalue weighted by Gasteiger charge is -2.31. The molecule has 2 heterocycles. The molecule has 0 N–H and O–H groups in total. The van der Waals surface area contributed by atoms with Gasteiger partial charge in [-0.15, -0.1) is 11.3 Å². The summed E-state index contributed by atoms with van der Waals surface area (Å²) >= 11 is 13.1. The molecular formula is C21H18Cl2FN3O4S2. The largest absolute Gasteiger partial charge is 0.348 e. The van der Waals surface area contributed by atoms with Crippen LogP contribution in [0.2, 0.25) is 10.0 Å². The molecule has 0 atom stereocenters. The van der Waals surface area contributed by atoms with Crippen molar-refractivity contribution in [3.63, 3.8) is 0 Å². The summed E-state index contributed by atoms with van der Waals surface area (Å²) in [6.07, 6.45) is 1.26. The Labute approximate surface area is 203 Å². The summed E-state index contributed by atoms with van der Waals surface area (Å²) in [5.74, 6) is -0.467. The first-order valence-corrected chi connectivity index (χ1v) is 13.1. The van der Waals surface area contributed by atoms with E-state index in [4.69, 9.17) is 23.2 Å². The number of sulfone groups is 1. The third kappa shape index (κ3) is 5.13. The molecule has 7 nitrogen and oxygen atoms in total. The maximum Gasteiger partial charge on any atom is 0.289 e. The van der Waals surface area contributed by atoms with Crippen LogP contribution in [0.5, 0.6) is 0 Å². The first-order valence-electron chi connectivity index (χ1n) is 9.96. The van der Waals surface area contributed by atoms with E-state index in [0.717, 1.165) is 22.5 Å². The van der Waals surface area contributed by atoms with E-state index < -0.39 is 31.5 Å². The highest BCUT2D eigenvalue weighted by atomic mass is 35.5. The molecular weight excluding hydrogens is 512 g/mol. The van der Waals surface area contributed by atoms with E-state index in [-0.39, 0.29) is 14.9 Å². The van der Waals surface area contributed by atoms with Crippen LogP contribution in [0.3, 0.4) is 0 Å². The Morgan fingerprint density at radius 3 is 2.55 bits per heavy atom. The van der Waals surface area contributed by atoms with Gasteiger partial charge < -0.3 is 4.90 Å². The van der Waals surface area contributed by atoms with Gasteiger partial charge in [-0.25, -0.2) is 17.8 Å². The van der Waals surface area contributed by atoms with Crippen molar-refractivity contribution in [3.8, 4) is 0 Å². The molecule has 0 aliphatic carbocycles. The Kier molecular flexibility index (Phi) is 6.90. The molecule has 0 spiro atoms. The fraction of sp³-hybridized carbons (Fsp3) is 0.286. The van der Waals surface area contributed by atoms with Gasteiger partial charge in [0, 0.05) is 31.0 Å². The SMILES string of the molecule is O=[N+]([O-])c1cc(S(=O)(=O)C2CCN(c3nc(Cc4ccc(F)c(Cl)c4)cs3)CC2)ccc1Cl. The van der Waals surface area contributed by atoms with Crippen LogP contribution in [0.15, 0.2) is 46.7 Å². The van der Waals surface area contributed by atoms with Gasteiger partial charge in [-0.3, -0.25) is 10.1 Å². The predicted octanol–water partition coefficient (Wildman–Crippen LogP) is 5.53. The molecule has 0 amide bonds. The molecule has 1 fully saturated rings. The van der Waals surface area contributed by atoms with Crippen molar-refractivity contribution in [2.24, 2.45) is 0 Å². The summed E-state index contributed by atoms with van der Waals surface area (Å²) in [5.41, 5.74) is 1.24. The van der Waals surface area contributed by atoms with Gasteiger partial charge in [0.1, 0.15) is 10.8 Å². The molecule has 33 heavy (non-hydrogen) atoms. The average Bonchev–Trinajstić information content (AvgIpc) is 3.25. The standard InChI is InChI=1S/C21H18Cl2FN3O4S2/c22-17-3-2-16(11-20(17)27(28)29)33(30,31)15-5-7-26(8-6-15)21-25-14(12-32-21)9-13-1-4-19(24)18(23)10-13/h1-4,10-12,15H,5-9H2. The summed E-state index contributed by atoms with van der Waals surface area (Å²) in [7, 11) is -3.73. The second-order valence-electron chi connectivity index (χ2n) is 7.65. The van der Waals surface area contributed by atoms with Crippen LogP contribution in [0, 0.1) is 15.9 Å². The van der Waals surface area contributed by atoms with Crippen LogP contribution in [-0.4, -0.2) is 36.7 Å². The molecule has 4 rings (SSSR count). The molecule has 1 aliphatic rings. The highest BCUT2D eigenvalue weighted by Gasteiger charge is 2.33. The predicted molar refractivity (Wildman–Crippen MR) is 127 cm³/mol. The number of nitrogens with zero attached hydrogens (tertiary/aromatic N) is 3. The lowest BCUT2D eigenvalue weighted by molar-refractivity contribution is -0.384. The topological polar surface area (TPSA) is 93.4 Å². The Hall–Kier alpha value is -2.27. The van der Waals surface area contributed by atoms with Gasteiger partial charge in [0.05, 0.1) is 25.8 Å². The van der Waals surface area contributed by atoms with Crippen molar-refractivity contribution in [1.82, 2.24) is 4.98 Å². The van der Waals surface area contributed by atoms with E-state index in [1.807, 2.05) is 10.3 Å². The number of hydrogen-bond acceptors (Lipinski definition) is 7. The van der Waals surface area contributed by atoms with Crippen LogP contribution >= 0.6 is 34.5 Å². The van der Waals surface area contributed by atoms with Gasteiger partial charge in [0.2, 0.25) is 0 Å². The molecule has 1 saturated heterocycles. The van der Waals surface area contributed by atoms with E-state index in [9.17, 15) is 22.9 Å². The molecule has 3 aromatic rings. The number of nitro benzene ring substituents is 1. The highest BCUT2D eigenvalue weighted by Crippen LogP contribution is 2.33. The van der Waals surface area contributed by atoms with Crippen molar-refractivity contribution in [3.05, 3.63) is 79.0 Å². The van der Waals surface area contributed by atoms with Crippen molar-refractivity contribution >= 4 is 55.2 Å². The normalized spacial score (nSPS) is 15.1. The number of aromatic nitrogens is 1. The first kappa shape index (κ1) is 23.9. The Morgan fingerprint density at radius 1 is 1.15 bits per heavy atom. The molecule has 1 aliphatic heterocycles. The van der Waals surface area contributed by atoms with Gasteiger partial charge >= 0.3 is 0 Å². The summed E-state index contributed by atoms with van der Waals surface area (Å²) in [6, 6.07) is 8.15. The lowest BCUT2D eigenvalue weighted by atomic mass is 10.1. The zero-order chi connectivity index (χ0) is 23.8. The zero-order valence-corrected chi connectivity index (χ0v) is 20.2. The van der Waals surface area contributed by atoms with Crippen LogP contribution < -0.4 is 4.90 Å². The van der Waals surface area contributed by atoms with E-state index in [1.165, 1.54) is 29.5 Å². The molecule has 2 aromatic carbocycles. The van der Waals surface area contributed by atoms with Crippen molar-refractivity contribution < 1.29 is 17.7 Å². The maximum atomic E-state index is 13.4. The summed E-state index contributed by atoms with van der Waals surface area (Å²) in [6.45, 7) is 0.990. The summed E-state index contributed by atoms with van der Waals surface area (Å²) in [5, 5.41) is 13.1. The van der Waals surface area contributed by atoms with Crippen LogP contribution in [0.4, 0.5) is 15.2 Å². The van der Waals surface area contributed by atoms with Crippen molar-refractivity contribution in [2.45, 2.75) is 29.4 Å². The minimum atomic E-state index is -3.73. The van der Waals surface area contributed by atoms with Gasteiger partial charge in [0.15, 0.2) is 15.0 Å². The summed E-state index contributed by atoms with van der Waals surface area (Å²) < 4.78 is 39.4. The van der Waals surface area contributed by atoms with Crippen LogP contribution in [0.1, 0.15) is 24.1 Å². The second kappa shape index (κ2) is 9.54. The van der Waals surface area contributed by atoms with Gasteiger partial charge in [-0.1, -0.05) is 29.3 Å². The number of hydrogen-bond donors (Lipinski definition) is 0. The van der Waals surface area contributed by atoms with E-state index in [2.05, 4.69) is 4.98 Å². The van der Waals surface area contributed by atoms with Gasteiger partial charge in [-0.05, 0) is 42.7 Å². The minimum absolute atomic E-state index is 0.0669. The summed E-state index contributed by atoms with van der Waals surface area (Å²) in [4.78, 5) is 17.0. The monoisotopic (exact) mass is 529 g/mol. The third-order valence-corrected chi connectivity index (χ3v) is 9.32. The Bertz CT molecular complexity index is 1310. The van der Waals surface area contributed by atoms with Crippen LogP contribution in [-0.2, 0) is 16.3 Å². The second-order valence-corrected chi connectivity index (χ2v) is 11.5. The minimum Gasteiger partial charge on any atom is -0.348 e. The van der Waals surface area contributed by atoms with E-state index in [0.29, 0.717) is 32.4 Å². The van der Waals surface area contributed by atoms with Crippen LogP contribution in [0.25, 0.3) is 0 Å². The Balaban J connectivity index is 1.42. The van der Waals surface area contributed by atoms with Crippen molar-refractivity contribution in [1.29, 1.82) is 0 Å². The third-order valence-electron chi connectivity index (χ3n) is 5.50. The number of benzene rings is 2. The van der Waals surface area contributed by atoms with E-state index in [1.54, 1.807) is 12.1 Å². The van der Waals surface area contributed by atoms with Gasteiger partial charge in [-0.2, -0.15) is 0 Å². The lowest BCUT2D eigenvalue weighted by Crippen LogP contribution is -2.39. The average molecular weight is 530 g/mol. The molecule has 0 saturated carbocycles. The Morgan fingerprint density at radius 2 is 1.88 bits per heavy atom. The molecule has 0 bridgehead atoms. The number of halogens is 3. The number of rotatable bonds is 6. The van der Waals surface area contributed by atoms with Gasteiger partial charge in [0.25, 0.3) is 5.69 Å². The fourth-order valence-corrected chi connectivity index (χ4v) is 6.76. The molecule has 174 valence electrons. The molecule has 1 aromatic heterocycles. The molecule has 0 unspecified atom stereocenters. The molecule has 0 radical (unpaired) electrons. The number of piperidine rings is 1. The number of nitro groups is 1. The fourth-order valence-electron chi connectivity index (χ4n) is 3.74. The quantitative estimate of drug-likeness (QED) is 0.307. The molecule has 12 heteroatoms. The number of thiazole rings is 1. The maximum absolute atomic E-state index is 13.4. The zero-order valence-electron chi connectivity index (χ0n) is 17.1. The first-order chi connectivity index (χ1) is 15.6. The van der Waals surface area contributed by atoms with Crippen molar-refractivity contribution in [2.75, 3.05) is 18.0 Å². The van der Waals surface area contributed by atoms with E-state index >= 15 is 0 Å². The number of anilines is 1. The highest BCUT2D eigenvalue weighted by molar-refractivity contribution is 7.92.